The number of hydrogen-bond donors (Lipinski definition) is 0. The summed E-state index contributed by atoms with van der Waals surface area (Å²) in [7, 11) is 3.44. The Morgan fingerprint density at radius 3 is 0.323 bits per heavy atom. The molecule has 18 aliphatic rings. The normalized spacial score (nSPS) is 21.5. The molecule has 6 aromatic heterocycles. The van der Waals surface area contributed by atoms with Gasteiger partial charge < -0.3 is 9.47 Å². The molecule has 14 heteroatoms. The molecule has 0 N–H and O–H groups in total. The molecule has 12 bridgehead atoms. The number of nitrogens with zero attached hydrogens (tertiary/aromatic N) is 12. The van der Waals surface area contributed by atoms with Crippen LogP contribution in [0.2, 0.25) is 0 Å². The molecule has 0 aliphatic heterocycles. The van der Waals surface area contributed by atoms with Crippen LogP contribution in [-0.2, 0) is 0 Å². The van der Waals surface area contributed by atoms with Crippen molar-refractivity contribution < 1.29 is 9.47 Å². The fraction of sp³-hybridized carbons (Fsp3) is 0.127. The van der Waals surface area contributed by atoms with Gasteiger partial charge in [0, 0.05) is 138 Å². The lowest BCUT2D eigenvalue weighted by Crippen LogP contribution is -2.33. The number of hydrogen-bond acceptors (Lipinski definition) is 14. The average molecular weight is 1590 g/mol. The van der Waals surface area contributed by atoms with Gasteiger partial charge >= 0.3 is 0 Å². The van der Waals surface area contributed by atoms with Gasteiger partial charge in [0.2, 0.25) is 11.8 Å². The van der Waals surface area contributed by atoms with Crippen LogP contribution >= 0.6 is 0 Å². The molecule has 124 heavy (non-hydrogen) atoms. The lowest BCUT2D eigenvalue weighted by molar-refractivity contribution is 0.382. The summed E-state index contributed by atoms with van der Waals surface area (Å²) in [5, 5.41) is 67.7. The Hall–Kier alpha value is -15.3. The smallest absolute Gasteiger partial charge is 0.237 e. The summed E-state index contributed by atoms with van der Waals surface area (Å²) >= 11 is 0. The van der Waals surface area contributed by atoms with E-state index in [-0.39, 0.29) is 71.0 Å². The largest absolute Gasteiger partial charge is 0.480 e. The highest BCUT2D eigenvalue weighted by Gasteiger charge is 2.56. The first-order valence-electron chi connectivity index (χ1n) is 43.2. The van der Waals surface area contributed by atoms with E-state index in [0.717, 1.165) is 66.8 Å². The predicted molar refractivity (Wildman–Crippen MR) is 469 cm³/mol. The third-order valence-corrected chi connectivity index (χ3v) is 30.6. The maximum absolute atomic E-state index is 6.35. The molecule has 12 aromatic carbocycles. The second-order valence-corrected chi connectivity index (χ2v) is 35.4. The first kappa shape index (κ1) is 66.5. The third-order valence-electron chi connectivity index (χ3n) is 30.6. The van der Waals surface area contributed by atoms with Crippen molar-refractivity contribution in [3.63, 3.8) is 0 Å². The maximum Gasteiger partial charge on any atom is 0.237 e. The zero-order valence-corrected chi connectivity index (χ0v) is 66.8. The molecule has 0 fully saturated rings. The monoisotopic (exact) mass is 1590 g/mol. The quantitative estimate of drug-likeness (QED) is 0.147. The SMILES string of the molecule is COc1nnc(-c2nnc(-c3nnc(-c4nnc(-c5nnc(-c6nnc(OC)c7c6C6c8ccccc8C7c7ccccc76)c6c5C5c7ccccc7C6c6ccccc65)c5c4C4c6ccccc6C5c5ccccc54)c4c3C3c5ccccc5C4c4ccccc43)c3c2C2c4ccccc4C3c3ccccc32)c2c1C1c3ccccc3C2c2ccccc21. The minimum Gasteiger partial charge on any atom is -0.480 e. The molecule has 0 saturated heterocycles. The van der Waals surface area contributed by atoms with Crippen molar-refractivity contribution in [3.05, 3.63) is 491 Å². The Labute approximate surface area is 711 Å². The number of ether oxygens (including phenoxy) is 2. The van der Waals surface area contributed by atoms with Crippen LogP contribution in [0.25, 0.3) is 56.9 Å². The summed E-state index contributed by atoms with van der Waals surface area (Å²) in [6.07, 6.45) is 0. The first-order valence-corrected chi connectivity index (χ1v) is 43.2. The van der Waals surface area contributed by atoms with Gasteiger partial charge in [-0.3, -0.25) is 0 Å². The molecule has 0 atom stereocenters. The molecule has 0 radical (unpaired) electrons. The van der Waals surface area contributed by atoms with E-state index in [2.05, 4.69) is 291 Å². The van der Waals surface area contributed by atoms with E-state index in [0.29, 0.717) is 68.7 Å². The van der Waals surface area contributed by atoms with E-state index in [1.807, 2.05) is 0 Å². The van der Waals surface area contributed by atoms with Crippen molar-refractivity contribution >= 4 is 0 Å². The fourth-order valence-corrected chi connectivity index (χ4v) is 26.5. The van der Waals surface area contributed by atoms with E-state index < -0.39 is 0 Å². The Balaban J connectivity index is 0.691. The standard InChI is InChI=1S/C110H66N12O2/c1-123-109-97-85-71-47-23-19-43-67(71)83(68-44-20-24-48-72(68)85)95(97)107(119-121-109)105-93-81-63-39-15-11-35-59(63)79(60-36-12-16-40-64(60)81)91(93)103(115-117-105)101-89-77-55-31-7-3-27-51(55)75(52-28-4-8-32-56(52)77)87(89)99(111-113-101)100-88-76-53-29-5-9-33-57(53)78(58-34-10-6-30-54(58)76)90(88)102(114-112-100)104-92-80-61-37-13-17-41-65(61)82(66-42-18-14-38-62(66)80)94(92)106(118-116-104)108-96-84-69-45-21-25-49-73(69)86(74-50-26-22-46-70(74)84)98(96)110(124-2)122-120-108/h3-50,75-86H,1-2H3. The molecule has 0 saturated carbocycles. The summed E-state index contributed by atoms with van der Waals surface area (Å²) < 4.78 is 12.7. The van der Waals surface area contributed by atoms with Gasteiger partial charge in [0.15, 0.2) is 0 Å². The summed E-state index contributed by atoms with van der Waals surface area (Å²) in [4.78, 5) is 0. The molecule has 578 valence electrons. The van der Waals surface area contributed by atoms with Crippen molar-refractivity contribution in [2.75, 3.05) is 14.2 Å². The van der Waals surface area contributed by atoms with Gasteiger partial charge in [-0.1, -0.05) is 291 Å². The number of aromatic nitrogens is 12. The van der Waals surface area contributed by atoms with Crippen LogP contribution in [-0.4, -0.2) is 75.4 Å². The van der Waals surface area contributed by atoms with Crippen LogP contribution < -0.4 is 9.47 Å². The molecule has 6 heterocycles. The highest BCUT2D eigenvalue weighted by atomic mass is 16.5. The molecule has 18 aromatic rings. The molecule has 0 spiro atoms. The zero-order valence-electron chi connectivity index (χ0n) is 66.8. The molecule has 18 aliphatic carbocycles. The van der Waals surface area contributed by atoms with Crippen molar-refractivity contribution in [2.24, 2.45) is 0 Å². The Bertz CT molecular complexity index is 7260. The first-order chi connectivity index (χ1) is 61.6. The molecular formula is C110H66N12O2. The van der Waals surface area contributed by atoms with Crippen LogP contribution in [0.15, 0.2) is 291 Å². The van der Waals surface area contributed by atoms with E-state index in [4.69, 9.17) is 70.7 Å². The summed E-state index contributed by atoms with van der Waals surface area (Å²) in [6, 6.07) is 108. The molecular weight excluding hydrogens is 1520 g/mol. The molecule has 14 nitrogen and oxygen atoms in total. The summed E-state index contributed by atoms with van der Waals surface area (Å²) in [5.74, 6) is -1.99. The summed E-state index contributed by atoms with van der Waals surface area (Å²) in [6.45, 7) is 0. The number of methoxy groups -OCH3 is 2. The molecule has 0 amide bonds. The van der Waals surface area contributed by atoms with Crippen LogP contribution in [0.1, 0.15) is 271 Å². The van der Waals surface area contributed by atoms with Crippen LogP contribution in [0.4, 0.5) is 0 Å². The lowest BCUT2D eigenvalue weighted by Gasteiger charge is -2.46. The lowest BCUT2D eigenvalue weighted by atomic mass is 9.57. The second kappa shape index (κ2) is 23.9. The average Bonchev–Trinajstić information content (AvgIpc) is 0.670. The molecule has 0 unspecified atom stereocenters. The maximum atomic E-state index is 6.35. The van der Waals surface area contributed by atoms with Gasteiger partial charge in [0.1, 0.15) is 56.9 Å². The number of benzene rings is 12. The Morgan fingerprint density at radius 1 is 0.129 bits per heavy atom. The van der Waals surface area contributed by atoms with Crippen LogP contribution in [0, 0.1) is 0 Å². The van der Waals surface area contributed by atoms with E-state index in [9.17, 15) is 0 Å². The van der Waals surface area contributed by atoms with Crippen molar-refractivity contribution in [3.8, 4) is 68.7 Å². The van der Waals surface area contributed by atoms with E-state index >= 15 is 0 Å². The van der Waals surface area contributed by atoms with Crippen molar-refractivity contribution in [2.45, 2.75) is 71.0 Å². The third kappa shape index (κ3) is 7.98. The van der Waals surface area contributed by atoms with Gasteiger partial charge in [-0.25, -0.2) is 0 Å². The van der Waals surface area contributed by atoms with Gasteiger partial charge in [0.25, 0.3) is 0 Å². The van der Waals surface area contributed by atoms with Crippen LogP contribution in [0.5, 0.6) is 11.8 Å². The zero-order chi connectivity index (χ0) is 80.5. The summed E-state index contributed by atoms with van der Waals surface area (Å²) in [5.41, 5.74) is 49.2. The minimum absolute atomic E-state index is 0.149. The van der Waals surface area contributed by atoms with E-state index in [1.54, 1.807) is 14.2 Å². The fourth-order valence-electron chi connectivity index (χ4n) is 26.5. The van der Waals surface area contributed by atoms with Gasteiger partial charge in [-0.15, -0.1) is 61.2 Å². The molecule has 36 rings (SSSR count). The van der Waals surface area contributed by atoms with E-state index in [1.165, 1.54) is 134 Å². The minimum atomic E-state index is -0.317. The highest BCUT2D eigenvalue weighted by molar-refractivity contribution is 5.92. The van der Waals surface area contributed by atoms with Gasteiger partial charge in [-0.2, -0.15) is 0 Å². The highest BCUT2D eigenvalue weighted by Crippen LogP contribution is 2.69. The Kier molecular flexibility index (Phi) is 12.8. The second-order valence-electron chi connectivity index (χ2n) is 35.4. The van der Waals surface area contributed by atoms with Crippen LogP contribution in [0.3, 0.4) is 0 Å². The van der Waals surface area contributed by atoms with Crippen molar-refractivity contribution in [1.29, 1.82) is 0 Å². The number of rotatable bonds is 7. The van der Waals surface area contributed by atoms with Crippen molar-refractivity contribution in [1.82, 2.24) is 61.2 Å². The van der Waals surface area contributed by atoms with Gasteiger partial charge in [0.05, 0.1) is 14.2 Å². The topological polar surface area (TPSA) is 173 Å². The van der Waals surface area contributed by atoms with Gasteiger partial charge in [-0.05, 0) is 134 Å². The Morgan fingerprint density at radius 2 is 0.218 bits per heavy atom. The predicted octanol–water partition coefficient (Wildman–Crippen LogP) is 20.7.